The van der Waals surface area contributed by atoms with E-state index in [-0.39, 0.29) is 23.9 Å². The van der Waals surface area contributed by atoms with E-state index < -0.39 is 11.8 Å². The van der Waals surface area contributed by atoms with Crippen LogP contribution in [0.15, 0.2) is 18.2 Å². The second-order valence-electron chi connectivity index (χ2n) is 3.38. The first-order chi connectivity index (χ1) is 7.56. The third-order valence-electron chi connectivity index (χ3n) is 2.21. The van der Waals surface area contributed by atoms with Gasteiger partial charge in [-0.1, -0.05) is 11.6 Å². The molecule has 0 atom stereocenters. The lowest BCUT2D eigenvalue weighted by atomic mass is 10.2. The van der Waals surface area contributed by atoms with Gasteiger partial charge < -0.3 is 0 Å². The third kappa shape index (κ3) is 2.14. The average molecular weight is 243 g/mol. The Morgan fingerprint density at radius 1 is 1.31 bits per heavy atom. The number of hydrogen-bond acceptors (Lipinski definition) is 2. The number of amides is 3. The van der Waals surface area contributed by atoms with Crippen LogP contribution in [0.4, 0.5) is 14.9 Å². The van der Waals surface area contributed by atoms with Gasteiger partial charge in [-0.3, -0.25) is 15.0 Å². The summed E-state index contributed by atoms with van der Waals surface area (Å²) in [5.74, 6) is -0.851. The van der Waals surface area contributed by atoms with Gasteiger partial charge in [-0.15, -0.1) is 0 Å². The lowest BCUT2D eigenvalue weighted by Gasteiger charge is -2.26. The number of hydrogen-bond donors (Lipinski definition) is 1. The van der Waals surface area contributed by atoms with Crippen LogP contribution in [0.1, 0.15) is 6.42 Å². The van der Waals surface area contributed by atoms with Crippen LogP contribution in [0, 0.1) is 5.82 Å². The SMILES string of the molecule is O=C1CCN(c2cc(F)cc(Cl)c2)C(=O)N1. The summed E-state index contributed by atoms with van der Waals surface area (Å²) in [5.41, 5.74) is 0.343. The number of carbonyl (C=O) groups is 2. The van der Waals surface area contributed by atoms with Gasteiger partial charge in [0.05, 0.1) is 0 Å². The van der Waals surface area contributed by atoms with Gasteiger partial charge in [0, 0.05) is 23.7 Å². The van der Waals surface area contributed by atoms with E-state index in [0.29, 0.717) is 5.69 Å². The first-order valence-corrected chi connectivity index (χ1v) is 5.01. The van der Waals surface area contributed by atoms with Crippen molar-refractivity contribution in [3.63, 3.8) is 0 Å². The maximum Gasteiger partial charge on any atom is 0.328 e. The van der Waals surface area contributed by atoms with Crippen LogP contribution in [0.25, 0.3) is 0 Å². The molecule has 0 aromatic heterocycles. The van der Waals surface area contributed by atoms with E-state index in [1.807, 2.05) is 0 Å². The standard InChI is InChI=1S/C10H8ClFN2O2/c11-6-3-7(12)5-8(4-6)14-2-1-9(15)13-10(14)16/h3-5H,1-2H2,(H,13,15,16). The van der Waals surface area contributed by atoms with E-state index in [9.17, 15) is 14.0 Å². The minimum absolute atomic E-state index is 0.194. The largest absolute Gasteiger partial charge is 0.328 e. The van der Waals surface area contributed by atoms with Gasteiger partial charge in [-0.2, -0.15) is 0 Å². The lowest BCUT2D eigenvalue weighted by molar-refractivity contribution is -0.120. The summed E-state index contributed by atoms with van der Waals surface area (Å²) in [6.07, 6.45) is 0.194. The van der Waals surface area contributed by atoms with Crippen molar-refractivity contribution in [2.45, 2.75) is 6.42 Å². The van der Waals surface area contributed by atoms with Crippen LogP contribution >= 0.6 is 11.6 Å². The number of carbonyl (C=O) groups excluding carboxylic acids is 2. The van der Waals surface area contributed by atoms with Gasteiger partial charge in [-0.25, -0.2) is 9.18 Å². The fourth-order valence-corrected chi connectivity index (χ4v) is 1.72. The van der Waals surface area contributed by atoms with Crippen LogP contribution in [-0.2, 0) is 4.79 Å². The molecule has 1 aromatic rings. The highest BCUT2D eigenvalue weighted by Gasteiger charge is 2.24. The molecule has 3 amide bonds. The highest BCUT2D eigenvalue weighted by molar-refractivity contribution is 6.31. The Hall–Kier alpha value is -1.62. The molecular weight excluding hydrogens is 235 g/mol. The Balaban J connectivity index is 2.30. The number of urea groups is 1. The summed E-state index contributed by atoms with van der Waals surface area (Å²) < 4.78 is 13.1. The van der Waals surface area contributed by atoms with Gasteiger partial charge in [0.1, 0.15) is 5.82 Å². The quantitative estimate of drug-likeness (QED) is 0.818. The smallest absolute Gasteiger partial charge is 0.293 e. The van der Waals surface area contributed by atoms with Crippen molar-refractivity contribution in [3.8, 4) is 0 Å². The van der Waals surface area contributed by atoms with E-state index in [1.165, 1.54) is 17.0 Å². The third-order valence-corrected chi connectivity index (χ3v) is 2.43. The molecule has 84 valence electrons. The van der Waals surface area contributed by atoms with Crippen LogP contribution in [0.3, 0.4) is 0 Å². The molecule has 6 heteroatoms. The molecule has 0 unspecified atom stereocenters. The fraction of sp³-hybridized carbons (Fsp3) is 0.200. The first kappa shape index (κ1) is 10.9. The number of nitrogens with zero attached hydrogens (tertiary/aromatic N) is 1. The minimum Gasteiger partial charge on any atom is -0.293 e. The van der Waals surface area contributed by atoms with Crippen molar-refractivity contribution in [3.05, 3.63) is 29.0 Å². The number of nitrogens with one attached hydrogen (secondary N) is 1. The number of anilines is 1. The van der Waals surface area contributed by atoms with Crippen molar-refractivity contribution >= 4 is 29.2 Å². The molecule has 2 rings (SSSR count). The molecule has 1 aliphatic heterocycles. The molecule has 4 nitrogen and oxygen atoms in total. The van der Waals surface area contributed by atoms with E-state index in [0.717, 1.165) is 6.07 Å². The summed E-state index contributed by atoms with van der Waals surface area (Å²) in [6, 6.07) is 3.26. The average Bonchev–Trinajstić information content (AvgIpc) is 2.15. The van der Waals surface area contributed by atoms with Crippen LogP contribution < -0.4 is 10.2 Å². The molecule has 0 spiro atoms. The lowest BCUT2D eigenvalue weighted by Crippen LogP contribution is -2.49. The number of rotatable bonds is 1. The molecule has 0 radical (unpaired) electrons. The van der Waals surface area contributed by atoms with Gasteiger partial charge in [0.15, 0.2) is 0 Å². The van der Waals surface area contributed by atoms with E-state index in [2.05, 4.69) is 5.32 Å². The van der Waals surface area contributed by atoms with E-state index in [1.54, 1.807) is 0 Å². The molecule has 0 bridgehead atoms. The second-order valence-corrected chi connectivity index (χ2v) is 3.82. The highest BCUT2D eigenvalue weighted by Crippen LogP contribution is 2.23. The molecule has 1 heterocycles. The number of benzene rings is 1. The predicted octanol–water partition coefficient (Wildman–Crippen LogP) is 1.93. The van der Waals surface area contributed by atoms with Crippen molar-refractivity contribution in [2.24, 2.45) is 0 Å². The van der Waals surface area contributed by atoms with E-state index in [4.69, 9.17) is 11.6 Å². The number of halogens is 2. The van der Waals surface area contributed by atoms with Crippen molar-refractivity contribution < 1.29 is 14.0 Å². The Bertz CT molecular complexity index is 444. The fourth-order valence-electron chi connectivity index (χ4n) is 1.51. The van der Waals surface area contributed by atoms with Crippen molar-refractivity contribution in [1.82, 2.24) is 5.32 Å². The molecule has 1 N–H and O–H groups in total. The molecule has 0 saturated carbocycles. The molecule has 1 aromatic carbocycles. The Kier molecular flexibility index (Phi) is 2.78. The molecule has 0 aliphatic carbocycles. The summed E-state index contributed by atoms with van der Waals surface area (Å²) >= 11 is 5.68. The molecule has 1 fully saturated rings. The van der Waals surface area contributed by atoms with Gasteiger partial charge in [0.25, 0.3) is 0 Å². The van der Waals surface area contributed by atoms with Crippen molar-refractivity contribution in [1.29, 1.82) is 0 Å². The minimum atomic E-state index is -0.557. The van der Waals surface area contributed by atoms with Gasteiger partial charge >= 0.3 is 6.03 Å². The summed E-state index contributed by atoms with van der Waals surface area (Å²) in [4.78, 5) is 23.7. The maximum absolute atomic E-state index is 13.1. The zero-order valence-electron chi connectivity index (χ0n) is 8.17. The van der Waals surface area contributed by atoms with Crippen molar-refractivity contribution in [2.75, 3.05) is 11.4 Å². The summed E-state index contributed by atoms with van der Waals surface area (Å²) in [6.45, 7) is 0.227. The topological polar surface area (TPSA) is 49.4 Å². The maximum atomic E-state index is 13.1. The summed E-state index contributed by atoms with van der Waals surface area (Å²) in [7, 11) is 0. The first-order valence-electron chi connectivity index (χ1n) is 4.64. The summed E-state index contributed by atoms with van der Waals surface area (Å²) in [5, 5.41) is 2.36. The molecule has 1 aliphatic rings. The highest BCUT2D eigenvalue weighted by atomic mass is 35.5. The monoisotopic (exact) mass is 242 g/mol. The Morgan fingerprint density at radius 2 is 2.06 bits per heavy atom. The zero-order valence-corrected chi connectivity index (χ0v) is 8.92. The molecule has 16 heavy (non-hydrogen) atoms. The molecular formula is C10H8ClFN2O2. The predicted molar refractivity (Wildman–Crippen MR) is 56.9 cm³/mol. The van der Waals surface area contributed by atoms with Gasteiger partial charge in [-0.05, 0) is 18.2 Å². The normalized spacial score (nSPS) is 16.2. The van der Waals surface area contributed by atoms with Crippen LogP contribution in [-0.4, -0.2) is 18.5 Å². The van der Waals surface area contributed by atoms with Crippen LogP contribution in [0.5, 0.6) is 0 Å². The van der Waals surface area contributed by atoms with Gasteiger partial charge in [0.2, 0.25) is 5.91 Å². The van der Waals surface area contributed by atoms with Crippen LogP contribution in [0.2, 0.25) is 5.02 Å². The molecule has 1 saturated heterocycles. The second kappa shape index (κ2) is 4.09. The Morgan fingerprint density at radius 3 is 2.69 bits per heavy atom. The van der Waals surface area contributed by atoms with E-state index >= 15 is 0 Å². The number of imide groups is 1. The Labute approximate surface area is 96.0 Å². The zero-order chi connectivity index (χ0) is 11.7.